The van der Waals surface area contributed by atoms with Crippen LogP contribution in [0.3, 0.4) is 0 Å². The number of hydrogen-bond acceptors (Lipinski definition) is 4. The molecule has 1 fully saturated rings. The van der Waals surface area contributed by atoms with Crippen molar-refractivity contribution in [2.75, 3.05) is 4.90 Å². The first-order valence-electron chi connectivity index (χ1n) is 10.7. The number of pyridine rings is 1. The maximum atomic E-state index is 4.93. The summed E-state index contributed by atoms with van der Waals surface area (Å²) in [6.07, 6.45) is 4.19. The Balaban J connectivity index is 1.32. The van der Waals surface area contributed by atoms with Gasteiger partial charge in [-0.15, -0.1) is 10.2 Å². The maximum absolute atomic E-state index is 4.93. The van der Waals surface area contributed by atoms with E-state index in [2.05, 4.69) is 75.6 Å². The molecule has 6 rings (SSSR count). The summed E-state index contributed by atoms with van der Waals surface area (Å²) in [5.74, 6) is 1.73. The van der Waals surface area contributed by atoms with Crippen molar-refractivity contribution in [3.63, 3.8) is 0 Å². The van der Waals surface area contributed by atoms with E-state index in [-0.39, 0.29) is 0 Å². The molecule has 2 aliphatic rings. The number of nitrogens with zero attached hydrogens (tertiary/aromatic N) is 5. The predicted molar refractivity (Wildman–Crippen MR) is 123 cm³/mol. The molecule has 4 aromatic rings. The average molecular weight is 406 g/mol. The predicted octanol–water partition coefficient (Wildman–Crippen LogP) is 5.64. The summed E-state index contributed by atoms with van der Waals surface area (Å²) in [5, 5.41) is 8.45. The smallest absolute Gasteiger partial charge is 0.182 e. The number of benzene rings is 2. The Kier molecular flexibility index (Phi) is 4.03. The van der Waals surface area contributed by atoms with Crippen molar-refractivity contribution in [2.24, 2.45) is 0 Å². The number of aromatic nitrogens is 4. The van der Waals surface area contributed by atoms with Gasteiger partial charge in [0.05, 0.1) is 6.54 Å². The highest BCUT2D eigenvalue weighted by molar-refractivity contribution is 5.85. The first kappa shape index (κ1) is 18.1. The van der Waals surface area contributed by atoms with E-state index in [0.717, 1.165) is 29.6 Å². The van der Waals surface area contributed by atoms with Gasteiger partial charge in [-0.05, 0) is 54.7 Å². The zero-order valence-corrected chi connectivity index (χ0v) is 17.5. The Morgan fingerprint density at radius 3 is 2.58 bits per heavy atom. The van der Waals surface area contributed by atoms with Crippen molar-refractivity contribution in [2.45, 2.75) is 32.4 Å². The third-order valence-corrected chi connectivity index (χ3v) is 6.21. The van der Waals surface area contributed by atoms with Crippen LogP contribution in [0.2, 0.25) is 0 Å². The number of anilines is 1. The fourth-order valence-electron chi connectivity index (χ4n) is 4.28. The minimum Gasteiger partial charge on any atom is -0.322 e. The van der Waals surface area contributed by atoms with Crippen LogP contribution < -0.4 is 4.90 Å². The topological polar surface area (TPSA) is 46.8 Å². The van der Waals surface area contributed by atoms with Crippen molar-refractivity contribution in [1.82, 2.24) is 19.7 Å². The number of fused-ring (bicyclic) bond motifs is 1. The Bertz CT molecular complexity index is 1300. The molecular weight excluding hydrogens is 382 g/mol. The Hall–Kier alpha value is -3.73. The molecule has 152 valence electrons. The zero-order chi connectivity index (χ0) is 20.9. The van der Waals surface area contributed by atoms with Gasteiger partial charge in [0, 0.05) is 17.3 Å². The lowest BCUT2D eigenvalue weighted by Crippen LogP contribution is -2.15. The van der Waals surface area contributed by atoms with Crippen molar-refractivity contribution in [3.8, 4) is 22.6 Å². The van der Waals surface area contributed by atoms with Crippen molar-refractivity contribution in [3.05, 3.63) is 90.3 Å². The Morgan fingerprint density at radius 2 is 1.77 bits per heavy atom. The van der Waals surface area contributed by atoms with E-state index in [1.165, 1.54) is 40.7 Å². The van der Waals surface area contributed by atoms with Gasteiger partial charge in [0.1, 0.15) is 17.8 Å². The molecule has 0 saturated heterocycles. The molecule has 0 amide bonds. The molecule has 2 aromatic carbocycles. The lowest BCUT2D eigenvalue weighted by Gasteiger charge is -2.19. The molecule has 1 aliphatic heterocycles. The van der Waals surface area contributed by atoms with Crippen LogP contribution in [0.4, 0.5) is 5.82 Å². The first-order chi connectivity index (χ1) is 15.2. The molecule has 3 heterocycles. The average Bonchev–Trinajstić information content (AvgIpc) is 3.43. The van der Waals surface area contributed by atoms with Crippen molar-refractivity contribution < 1.29 is 0 Å². The van der Waals surface area contributed by atoms with E-state index < -0.39 is 0 Å². The van der Waals surface area contributed by atoms with Gasteiger partial charge in [0.15, 0.2) is 5.82 Å². The lowest BCUT2D eigenvalue weighted by atomic mass is 9.99. The Morgan fingerprint density at radius 1 is 0.968 bits per heavy atom. The standard InChI is InChI=1S/C26H23N5/c1-17-6-8-19(9-7-17)20-10-11-21-15-30(18(2)23(21)14-20)25-5-3-4-24(28-25)26-29-27-16-31(26)22-12-13-22/h3-11,14,16,22H,2,12-13,15H2,1H3. The molecule has 1 saturated carbocycles. The number of rotatable bonds is 4. The van der Waals surface area contributed by atoms with E-state index in [1.54, 1.807) is 0 Å². The van der Waals surface area contributed by atoms with Gasteiger partial charge >= 0.3 is 0 Å². The van der Waals surface area contributed by atoms with Gasteiger partial charge < -0.3 is 9.47 Å². The van der Waals surface area contributed by atoms with Crippen LogP contribution in [-0.4, -0.2) is 19.7 Å². The minimum absolute atomic E-state index is 0.515. The molecule has 5 heteroatoms. The van der Waals surface area contributed by atoms with Crippen LogP contribution in [0.25, 0.3) is 28.3 Å². The normalized spacial score (nSPS) is 15.4. The second-order valence-electron chi connectivity index (χ2n) is 8.44. The summed E-state index contributed by atoms with van der Waals surface area (Å²) in [5.41, 5.74) is 7.99. The molecular formula is C26H23N5. The van der Waals surface area contributed by atoms with Gasteiger partial charge in [0.25, 0.3) is 0 Å². The quantitative estimate of drug-likeness (QED) is 0.441. The third kappa shape index (κ3) is 3.13. The highest BCUT2D eigenvalue weighted by Gasteiger charge is 2.28. The third-order valence-electron chi connectivity index (χ3n) is 6.21. The molecule has 5 nitrogen and oxygen atoms in total. The summed E-state index contributed by atoms with van der Waals surface area (Å²) in [4.78, 5) is 7.12. The Labute approximate surface area is 181 Å². The summed E-state index contributed by atoms with van der Waals surface area (Å²) >= 11 is 0. The molecule has 0 radical (unpaired) electrons. The van der Waals surface area contributed by atoms with Gasteiger partial charge in [-0.1, -0.05) is 54.6 Å². The highest BCUT2D eigenvalue weighted by Crippen LogP contribution is 2.39. The first-order valence-corrected chi connectivity index (χ1v) is 10.7. The minimum atomic E-state index is 0.515. The summed E-state index contributed by atoms with van der Waals surface area (Å²) in [6, 6.07) is 21.9. The maximum Gasteiger partial charge on any atom is 0.182 e. The van der Waals surface area contributed by atoms with E-state index in [0.29, 0.717) is 6.04 Å². The molecule has 0 spiro atoms. The fraction of sp³-hybridized carbons (Fsp3) is 0.192. The largest absolute Gasteiger partial charge is 0.322 e. The lowest BCUT2D eigenvalue weighted by molar-refractivity contribution is 0.743. The molecule has 0 N–H and O–H groups in total. The molecule has 31 heavy (non-hydrogen) atoms. The van der Waals surface area contributed by atoms with Crippen molar-refractivity contribution in [1.29, 1.82) is 0 Å². The highest BCUT2D eigenvalue weighted by atomic mass is 15.3. The van der Waals surface area contributed by atoms with Crippen LogP contribution in [0.15, 0.2) is 73.6 Å². The van der Waals surface area contributed by atoms with Crippen LogP contribution in [0.1, 0.15) is 35.6 Å². The van der Waals surface area contributed by atoms with Crippen LogP contribution in [-0.2, 0) is 6.54 Å². The summed E-state index contributed by atoms with van der Waals surface area (Å²) in [6.45, 7) is 7.29. The van der Waals surface area contributed by atoms with Gasteiger partial charge in [-0.25, -0.2) is 4.98 Å². The number of aryl methyl sites for hydroxylation is 1. The molecule has 0 unspecified atom stereocenters. The van der Waals surface area contributed by atoms with E-state index in [1.807, 2.05) is 24.5 Å². The van der Waals surface area contributed by atoms with Gasteiger partial charge in [-0.2, -0.15) is 0 Å². The zero-order valence-electron chi connectivity index (χ0n) is 17.5. The van der Waals surface area contributed by atoms with Gasteiger partial charge in [-0.3, -0.25) is 0 Å². The van der Waals surface area contributed by atoms with E-state index in [9.17, 15) is 0 Å². The summed E-state index contributed by atoms with van der Waals surface area (Å²) < 4.78 is 2.15. The van der Waals surface area contributed by atoms with Crippen LogP contribution in [0, 0.1) is 6.92 Å². The summed E-state index contributed by atoms with van der Waals surface area (Å²) in [7, 11) is 0. The van der Waals surface area contributed by atoms with Crippen molar-refractivity contribution >= 4 is 11.5 Å². The molecule has 0 bridgehead atoms. The second-order valence-corrected chi connectivity index (χ2v) is 8.44. The van der Waals surface area contributed by atoms with Crippen LogP contribution >= 0.6 is 0 Å². The van der Waals surface area contributed by atoms with E-state index >= 15 is 0 Å². The molecule has 1 aliphatic carbocycles. The molecule has 0 atom stereocenters. The molecule has 2 aromatic heterocycles. The SMILES string of the molecule is C=C1c2cc(-c3ccc(C)cc3)ccc2CN1c1cccc(-c2nncn2C2CC2)n1. The number of hydrogen-bond donors (Lipinski definition) is 0. The van der Waals surface area contributed by atoms with Gasteiger partial charge in [0.2, 0.25) is 0 Å². The fourth-order valence-corrected chi connectivity index (χ4v) is 4.28. The second kappa shape index (κ2) is 6.91. The monoisotopic (exact) mass is 405 g/mol. The van der Waals surface area contributed by atoms with E-state index in [4.69, 9.17) is 4.98 Å². The van der Waals surface area contributed by atoms with Crippen LogP contribution in [0.5, 0.6) is 0 Å².